The minimum absolute atomic E-state index is 0.199. The van der Waals surface area contributed by atoms with Crippen LogP contribution in [-0.4, -0.2) is 19.6 Å². The number of alkyl halides is 2. The van der Waals surface area contributed by atoms with Gasteiger partial charge < -0.3 is 10.5 Å². The van der Waals surface area contributed by atoms with Crippen LogP contribution >= 0.6 is 43.2 Å². The van der Waals surface area contributed by atoms with Crippen molar-refractivity contribution >= 4 is 43.2 Å². The molecule has 0 aromatic carbocycles. The van der Waals surface area contributed by atoms with E-state index >= 15 is 0 Å². The zero-order chi connectivity index (χ0) is 12.1. The monoisotopic (exact) mass is 377 g/mol. The second-order valence-electron chi connectivity index (χ2n) is 3.14. The predicted molar refractivity (Wildman–Crippen MR) is 68.1 cm³/mol. The Bertz CT molecular complexity index is 335. The van der Waals surface area contributed by atoms with Gasteiger partial charge in [-0.1, -0.05) is 0 Å². The minimum atomic E-state index is -2.42. The van der Waals surface area contributed by atoms with Gasteiger partial charge in [0.25, 0.3) is 6.43 Å². The van der Waals surface area contributed by atoms with Crippen LogP contribution in [0.1, 0.15) is 18.0 Å². The number of rotatable bonds is 6. The minimum Gasteiger partial charge on any atom is -0.375 e. The molecule has 0 aliphatic carbocycles. The standard InChI is InChI=1S/C9H11Br2F2NOS/c10-7-3-5(9(11)16-7)6(14)1-2-15-4-8(12)13/h3,6,8H,1-2,4,14H2. The topological polar surface area (TPSA) is 35.2 Å². The largest absolute Gasteiger partial charge is 0.375 e. The Morgan fingerprint density at radius 1 is 1.44 bits per heavy atom. The van der Waals surface area contributed by atoms with E-state index in [-0.39, 0.29) is 12.6 Å². The highest BCUT2D eigenvalue weighted by atomic mass is 79.9. The fourth-order valence-corrected chi connectivity index (χ4v) is 4.14. The number of ether oxygens (including phenoxy) is 1. The molecule has 0 aliphatic rings. The number of thiophene rings is 1. The SMILES string of the molecule is NC(CCOCC(F)F)c1cc(Br)sc1Br. The molecule has 7 heteroatoms. The van der Waals surface area contributed by atoms with Crippen molar-refractivity contribution in [2.45, 2.75) is 18.9 Å². The fraction of sp³-hybridized carbons (Fsp3) is 0.556. The van der Waals surface area contributed by atoms with E-state index in [2.05, 4.69) is 31.9 Å². The molecule has 0 saturated carbocycles. The summed E-state index contributed by atoms with van der Waals surface area (Å²) in [5.74, 6) is 0. The van der Waals surface area contributed by atoms with Gasteiger partial charge in [0.2, 0.25) is 0 Å². The molecule has 2 N–H and O–H groups in total. The summed E-state index contributed by atoms with van der Waals surface area (Å²) >= 11 is 8.29. The first-order valence-electron chi connectivity index (χ1n) is 4.57. The first-order valence-corrected chi connectivity index (χ1v) is 6.97. The molecule has 0 saturated heterocycles. The third kappa shape index (κ3) is 4.75. The number of nitrogens with two attached hydrogens (primary N) is 1. The maximum Gasteiger partial charge on any atom is 0.261 e. The molecule has 0 amide bonds. The van der Waals surface area contributed by atoms with Gasteiger partial charge in [0.15, 0.2) is 0 Å². The number of hydrogen-bond acceptors (Lipinski definition) is 3. The smallest absolute Gasteiger partial charge is 0.261 e. The van der Waals surface area contributed by atoms with E-state index in [0.717, 1.165) is 13.1 Å². The average Bonchev–Trinajstić information content (AvgIpc) is 2.52. The Kier molecular flexibility index (Phi) is 6.35. The van der Waals surface area contributed by atoms with Crippen LogP contribution in [-0.2, 0) is 4.74 Å². The van der Waals surface area contributed by atoms with Crippen LogP contribution in [0.5, 0.6) is 0 Å². The van der Waals surface area contributed by atoms with E-state index in [1.807, 2.05) is 6.07 Å². The van der Waals surface area contributed by atoms with Crippen LogP contribution < -0.4 is 5.73 Å². The van der Waals surface area contributed by atoms with Crippen LogP contribution in [0.3, 0.4) is 0 Å². The highest BCUT2D eigenvalue weighted by Gasteiger charge is 2.13. The van der Waals surface area contributed by atoms with Crippen molar-refractivity contribution < 1.29 is 13.5 Å². The summed E-state index contributed by atoms with van der Waals surface area (Å²) in [6.45, 7) is -0.285. The Labute approximate surface area is 113 Å². The van der Waals surface area contributed by atoms with Gasteiger partial charge in [-0.3, -0.25) is 0 Å². The molecule has 0 bridgehead atoms. The summed E-state index contributed by atoms with van der Waals surface area (Å²) in [7, 11) is 0. The third-order valence-corrected chi connectivity index (χ3v) is 4.29. The summed E-state index contributed by atoms with van der Waals surface area (Å²) in [6.07, 6.45) is -1.90. The van der Waals surface area contributed by atoms with E-state index in [1.54, 1.807) is 0 Å². The molecule has 0 fully saturated rings. The van der Waals surface area contributed by atoms with Crippen LogP contribution in [0.25, 0.3) is 0 Å². The molecule has 1 unspecified atom stereocenters. The van der Waals surface area contributed by atoms with Gasteiger partial charge in [-0.05, 0) is 49.9 Å². The van der Waals surface area contributed by atoms with Crippen LogP contribution in [0.4, 0.5) is 8.78 Å². The van der Waals surface area contributed by atoms with E-state index in [0.29, 0.717) is 6.42 Å². The maximum absolute atomic E-state index is 11.8. The quantitative estimate of drug-likeness (QED) is 0.760. The first-order chi connectivity index (χ1) is 7.50. The van der Waals surface area contributed by atoms with Crippen molar-refractivity contribution in [3.8, 4) is 0 Å². The molecule has 16 heavy (non-hydrogen) atoms. The van der Waals surface area contributed by atoms with E-state index in [9.17, 15) is 8.78 Å². The summed E-state index contributed by atoms with van der Waals surface area (Å²) < 4.78 is 30.3. The lowest BCUT2D eigenvalue weighted by atomic mass is 10.1. The van der Waals surface area contributed by atoms with E-state index < -0.39 is 13.0 Å². The third-order valence-electron chi connectivity index (χ3n) is 1.90. The second-order valence-corrected chi connectivity index (χ2v) is 6.89. The van der Waals surface area contributed by atoms with Crippen molar-refractivity contribution in [1.82, 2.24) is 0 Å². The first kappa shape index (κ1) is 14.5. The van der Waals surface area contributed by atoms with Crippen molar-refractivity contribution in [2.24, 2.45) is 5.73 Å². The molecule has 0 radical (unpaired) electrons. The van der Waals surface area contributed by atoms with Gasteiger partial charge in [-0.2, -0.15) is 0 Å². The molecule has 1 aromatic rings. The van der Waals surface area contributed by atoms with E-state index in [1.165, 1.54) is 11.3 Å². The lowest BCUT2D eigenvalue weighted by molar-refractivity contribution is 0.0152. The molecule has 0 aliphatic heterocycles. The zero-order valence-electron chi connectivity index (χ0n) is 8.26. The van der Waals surface area contributed by atoms with E-state index in [4.69, 9.17) is 10.5 Å². The molecule has 1 rings (SSSR count). The second kappa shape index (κ2) is 7.00. The highest BCUT2D eigenvalue weighted by Crippen LogP contribution is 2.35. The maximum atomic E-state index is 11.8. The molecule has 0 spiro atoms. The molecule has 1 heterocycles. The zero-order valence-corrected chi connectivity index (χ0v) is 12.2. The molecule has 1 aromatic heterocycles. The van der Waals surface area contributed by atoms with Crippen LogP contribution in [0.15, 0.2) is 13.6 Å². The molecular weight excluding hydrogens is 368 g/mol. The van der Waals surface area contributed by atoms with Gasteiger partial charge in [-0.15, -0.1) is 11.3 Å². The van der Waals surface area contributed by atoms with Gasteiger partial charge >= 0.3 is 0 Å². The number of halogens is 4. The lowest BCUT2D eigenvalue weighted by Gasteiger charge is -2.10. The molecular formula is C9H11Br2F2NOS. The van der Waals surface area contributed by atoms with Gasteiger partial charge in [-0.25, -0.2) is 8.78 Å². The predicted octanol–water partition coefficient (Wildman–Crippen LogP) is 3.94. The Hall–Kier alpha value is 0.440. The normalized spacial score (nSPS) is 13.4. The molecule has 92 valence electrons. The van der Waals surface area contributed by atoms with Gasteiger partial charge in [0, 0.05) is 12.6 Å². The van der Waals surface area contributed by atoms with Crippen molar-refractivity contribution in [3.63, 3.8) is 0 Å². The Morgan fingerprint density at radius 3 is 2.62 bits per heavy atom. The summed E-state index contributed by atoms with van der Waals surface area (Å²) in [6, 6.07) is 1.72. The average molecular weight is 379 g/mol. The Balaban J connectivity index is 2.35. The summed E-state index contributed by atoms with van der Waals surface area (Å²) in [5.41, 5.74) is 6.88. The van der Waals surface area contributed by atoms with Gasteiger partial charge in [0.1, 0.15) is 6.61 Å². The fourth-order valence-electron chi connectivity index (χ4n) is 1.14. The number of hydrogen-bond donors (Lipinski definition) is 1. The van der Waals surface area contributed by atoms with Crippen molar-refractivity contribution in [2.75, 3.05) is 13.2 Å². The highest BCUT2D eigenvalue weighted by molar-refractivity contribution is 9.12. The molecule has 1 atom stereocenters. The van der Waals surface area contributed by atoms with Crippen LogP contribution in [0, 0.1) is 0 Å². The van der Waals surface area contributed by atoms with Crippen molar-refractivity contribution in [3.05, 3.63) is 19.2 Å². The molecule has 2 nitrogen and oxygen atoms in total. The lowest BCUT2D eigenvalue weighted by Crippen LogP contribution is -2.14. The summed E-state index contributed by atoms with van der Waals surface area (Å²) in [4.78, 5) is 0. The Morgan fingerprint density at radius 2 is 2.12 bits per heavy atom. The van der Waals surface area contributed by atoms with Gasteiger partial charge in [0.05, 0.1) is 7.57 Å². The van der Waals surface area contributed by atoms with Crippen molar-refractivity contribution in [1.29, 1.82) is 0 Å². The summed E-state index contributed by atoms with van der Waals surface area (Å²) in [5, 5.41) is 0. The van der Waals surface area contributed by atoms with Crippen LogP contribution in [0.2, 0.25) is 0 Å².